The molecule has 0 saturated carbocycles. The Bertz CT molecular complexity index is 510. The van der Waals surface area contributed by atoms with Gasteiger partial charge in [0.2, 0.25) is 5.91 Å². The van der Waals surface area contributed by atoms with E-state index in [1.807, 2.05) is 15.2 Å². The molecule has 20 heavy (non-hydrogen) atoms. The minimum Gasteiger partial charge on any atom is -0.341 e. The molecule has 0 atom stereocenters. The zero-order valence-electron chi connectivity index (χ0n) is 12.4. The summed E-state index contributed by atoms with van der Waals surface area (Å²) < 4.78 is 0. The molecule has 0 aliphatic carbocycles. The fourth-order valence-electron chi connectivity index (χ4n) is 2.70. The van der Waals surface area contributed by atoms with Crippen LogP contribution in [-0.2, 0) is 11.2 Å². The lowest BCUT2D eigenvalue weighted by molar-refractivity contribution is -0.128. The molecule has 1 fully saturated rings. The molecule has 1 aliphatic rings. The van der Waals surface area contributed by atoms with Gasteiger partial charge in [0, 0.05) is 43.4 Å². The second-order valence-electron chi connectivity index (χ2n) is 5.19. The van der Waals surface area contributed by atoms with E-state index in [9.17, 15) is 9.59 Å². The Morgan fingerprint density at radius 1 is 1.20 bits per heavy atom. The van der Waals surface area contributed by atoms with Crippen LogP contribution in [-0.4, -0.2) is 47.8 Å². The fourth-order valence-corrected chi connectivity index (χ4v) is 3.64. The van der Waals surface area contributed by atoms with Crippen LogP contribution in [0.5, 0.6) is 0 Å². The van der Waals surface area contributed by atoms with E-state index in [0.29, 0.717) is 13.1 Å². The minimum absolute atomic E-state index is 0.0972. The molecular weight excluding hydrogens is 272 g/mol. The zero-order valence-corrected chi connectivity index (χ0v) is 13.3. The molecule has 1 aromatic heterocycles. The molecule has 0 radical (unpaired) electrons. The van der Waals surface area contributed by atoms with Gasteiger partial charge in [-0.05, 0) is 25.3 Å². The number of hydrogen-bond acceptors (Lipinski definition) is 3. The average molecular weight is 294 g/mol. The standard InChI is InChI=1S/C15H22N2O2S/c1-4-13-11(2)20-10-14(13)15(19)17-7-5-6-16(8-9-17)12(3)18/h10H,4-9H2,1-3H3. The summed E-state index contributed by atoms with van der Waals surface area (Å²) in [6, 6.07) is 0. The fraction of sp³-hybridized carbons (Fsp3) is 0.600. The molecule has 2 rings (SSSR count). The summed E-state index contributed by atoms with van der Waals surface area (Å²) in [7, 11) is 0. The maximum absolute atomic E-state index is 12.7. The Kier molecular flexibility index (Phi) is 4.81. The van der Waals surface area contributed by atoms with Crippen molar-refractivity contribution in [3.05, 3.63) is 21.4 Å². The first kappa shape index (κ1) is 15.0. The minimum atomic E-state index is 0.0972. The van der Waals surface area contributed by atoms with Crippen LogP contribution in [0.15, 0.2) is 5.38 Å². The molecule has 5 heteroatoms. The highest BCUT2D eigenvalue weighted by Crippen LogP contribution is 2.24. The van der Waals surface area contributed by atoms with Gasteiger partial charge < -0.3 is 9.80 Å². The number of rotatable bonds is 2. The SMILES string of the molecule is CCc1c(C(=O)N2CCCN(C(C)=O)CC2)csc1C. The Hall–Kier alpha value is -1.36. The largest absolute Gasteiger partial charge is 0.341 e. The lowest BCUT2D eigenvalue weighted by Crippen LogP contribution is -2.36. The molecule has 0 spiro atoms. The summed E-state index contributed by atoms with van der Waals surface area (Å²) >= 11 is 1.65. The van der Waals surface area contributed by atoms with Crippen LogP contribution in [0.4, 0.5) is 0 Å². The van der Waals surface area contributed by atoms with Crippen molar-refractivity contribution in [3.63, 3.8) is 0 Å². The van der Waals surface area contributed by atoms with Gasteiger partial charge in [0.05, 0.1) is 5.56 Å². The first-order valence-corrected chi connectivity index (χ1v) is 8.04. The third-order valence-electron chi connectivity index (χ3n) is 3.92. The van der Waals surface area contributed by atoms with Gasteiger partial charge in [-0.1, -0.05) is 6.92 Å². The number of nitrogens with zero attached hydrogens (tertiary/aromatic N) is 2. The molecule has 0 unspecified atom stereocenters. The highest BCUT2D eigenvalue weighted by atomic mass is 32.1. The van der Waals surface area contributed by atoms with Crippen molar-refractivity contribution in [1.29, 1.82) is 0 Å². The van der Waals surface area contributed by atoms with Gasteiger partial charge in [0.15, 0.2) is 0 Å². The van der Waals surface area contributed by atoms with E-state index in [0.717, 1.165) is 31.5 Å². The number of thiophene rings is 1. The maximum atomic E-state index is 12.7. The van der Waals surface area contributed by atoms with Crippen LogP contribution in [0.2, 0.25) is 0 Å². The number of carbonyl (C=O) groups excluding carboxylic acids is 2. The van der Waals surface area contributed by atoms with Gasteiger partial charge in [-0.3, -0.25) is 9.59 Å². The summed E-state index contributed by atoms with van der Waals surface area (Å²) in [5, 5.41) is 1.98. The van der Waals surface area contributed by atoms with Gasteiger partial charge in [0.1, 0.15) is 0 Å². The van der Waals surface area contributed by atoms with Crippen molar-refractivity contribution in [2.45, 2.75) is 33.6 Å². The molecule has 4 nitrogen and oxygen atoms in total. The third kappa shape index (κ3) is 3.03. The second kappa shape index (κ2) is 6.39. The molecule has 110 valence electrons. The molecule has 1 aromatic rings. The van der Waals surface area contributed by atoms with E-state index in [4.69, 9.17) is 0 Å². The predicted molar refractivity (Wildman–Crippen MR) is 81.2 cm³/mol. The van der Waals surface area contributed by atoms with Crippen molar-refractivity contribution >= 4 is 23.2 Å². The Morgan fingerprint density at radius 3 is 2.50 bits per heavy atom. The van der Waals surface area contributed by atoms with Crippen LogP contribution in [0.1, 0.15) is 41.1 Å². The Morgan fingerprint density at radius 2 is 1.85 bits per heavy atom. The summed E-state index contributed by atoms with van der Waals surface area (Å²) in [6.07, 6.45) is 1.75. The average Bonchev–Trinajstić information content (AvgIpc) is 2.64. The smallest absolute Gasteiger partial charge is 0.255 e. The molecule has 0 bridgehead atoms. The van der Waals surface area contributed by atoms with Crippen molar-refractivity contribution in [2.24, 2.45) is 0 Å². The van der Waals surface area contributed by atoms with Crippen molar-refractivity contribution in [2.75, 3.05) is 26.2 Å². The summed E-state index contributed by atoms with van der Waals surface area (Å²) in [6.45, 7) is 8.52. The van der Waals surface area contributed by atoms with E-state index in [1.54, 1.807) is 18.3 Å². The van der Waals surface area contributed by atoms with E-state index in [-0.39, 0.29) is 11.8 Å². The van der Waals surface area contributed by atoms with Gasteiger partial charge in [-0.15, -0.1) is 11.3 Å². The number of hydrogen-bond donors (Lipinski definition) is 0. The maximum Gasteiger partial charge on any atom is 0.255 e. The van der Waals surface area contributed by atoms with Crippen molar-refractivity contribution in [3.8, 4) is 0 Å². The third-order valence-corrected chi connectivity index (χ3v) is 4.87. The van der Waals surface area contributed by atoms with Crippen LogP contribution in [0.3, 0.4) is 0 Å². The van der Waals surface area contributed by atoms with Crippen molar-refractivity contribution in [1.82, 2.24) is 9.80 Å². The first-order chi connectivity index (χ1) is 9.54. The number of aryl methyl sites for hydroxylation is 1. The topological polar surface area (TPSA) is 40.6 Å². The number of carbonyl (C=O) groups is 2. The highest BCUT2D eigenvalue weighted by Gasteiger charge is 2.23. The first-order valence-electron chi connectivity index (χ1n) is 7.16. The quantitative estimate of drug-likeness (QED) is 0.840. The van der Waals surface area contributed by atoms with Crippen LogP contribution >= 0.6 is 11.3 Å². The second-order valence-corrected chi connectivity index (χ2v) is 6.27. The van der Waals surface area contributed by atoms with E-state index in [2.05, 4.69) is 13.8 Å². The van der Waals surface area contributed by atoms with Gasteiger partial charge in [-0.25, -0.2) is 0 Å². The van der Waals surface area contributed by atoms with Crippen LogP contribution < -0.4 is 0 Å². The highest BCUT2D eigenvalue weighted by molar-refractivity contribution is 7.10. The molecule has 0 aromatic carbocycles. The zero-order chi connectivity index (χ0) is 14.7. The molecule has 2 heterocycles. The molecule has 1 saturated heterocycles. The molecule has 0 N–H and O–H groups in total. The van der Waals surface area contributed by atoms with Crippen LogP contribution in [0.25, 0.3) is 0 Å². The summed E-state index contributed by atoms with van der Waals surface area (Å²) in [4.78, 5) is 29.0. The summed E-state index contributed by atoms with van der Waals surface area (Å²) in [5.41, 5.74) is 2.03. The van der Waals surface area contributed by atoms with Gasteiger partial charge >= 0.3 is 0 Å². The Balaban J connectivity index is 2.11. The van der Waals surface area contributed by atoms with Gasteiger partial charge in [0.25, 0.3) is 5.91 Å². The molecular formula is C15H22N2O2S. The van der Waals surface area contributed by atoms with E-state index >= 15 is 0 Å². The predicted octanol–water partition coefficient (Wildman–Crippen LogP) is 2.31. The van der Waals surface area contributed by atoms with E-state index < -0.39 is 0 Å². The summed E-state index contributed by atoms with van der Waals surface area (Å²) in [5.74, 6) is 0.219. The van der Waals surface area contributed by atoms with Crippen molar-refractivity contribution < 1.29 is 9.59 Å². The lowest BCUT2D eigenvalue weighted by Gasteiger charge is -2.21. The Labute approximate surface area is 124 Å². The number of amides is 2. The monoisotopic (exact) mass is 294 g/mol. The van der Waals surface area contributed by atoms with E-state index in [1.165, 1.54) is 10.4 Å². The van der Waals surface area contributed by atoms with Crippen LogP contribution in [0, 0.1) is 6.92 Å². The van der Waals surface area contributed by atoms with Gasteiger partial charge in [-0.2, -0.15) is 0 Å². The molecule has 2 amide bonds. The molecule has 1 aliphatic heterocycles. The normalized spacial score (nSPS) is 16.1. The lowest BCUT2D eigenvalue weighted by atomic mass is 10.1.